The molecule has 1 aromatic carbocycles. The number of carbonyl (C=O) groups excluding carboxylic acids is 1. The van der Waals surface area contributed by atoms with Crippen LogP contribution in [0.4, 0.5) is 0 Å². The molecule has 3 heteroatoms. The van der Waals surface area contributed by atoms with E-state index >= 15 is 0 Å². The van der Waals surface area contributed by atoms with Gasteiger partial charge in [0.05, 0.1) is 0 Å². The van der Waals surface area contributed by atoms with Crippen LogP contribution in [-0.4, -0.2) is 13.0 Å². The molecule has 0 heterocycles. The summed E-state index contributed by atoms with van der Waals surface area (Å²) < 4.78 is 1.18. The average molecular weight is 275 g/mol. The lowest BCUT2D eigenvalue weighted by Crippen LogP contribution is -2.17. The molecule has 0 saturated carbocycles. The summed E-state index contributed by atoms with van der Waals surface area (Å²) in [4.78, 5) is 11.2. The number of nitrogens with one attached hydrogen (secondary N) is 1. The van der Waals surface area contributed by atoms with Crippen LogP contribution in [0.2, 0.25) is 0 Å². The van der Waals surface area contributed by atoms with Gasteiger partial charge in [0, 0.05) is 16.2 Å². The van der Waals surface area contributed by atoms with Crippen LogP contribution in [0.5, 0.6) is 0 Å². The van der Waals surface area contributed by atoms with Gasteiger partial charge >= 0.3 is 0 Å². The molecule has 64 valence electrons. The summed E-state index contributed by atoms with van der Waals surface area (Å²) in [6.45, 7) is 1.99. The number of benzene rings is 1. The normalized spacial score (nSPS) is 9.58. The van der Waals surface area contributed by atoms with Crippen molar-refractivity contribution < 1.29 is 4.79 Å². The summed E-state index contributed by atoms with van der Waals surface area (Å²) in [5, 5.41) is 2.59. The first-order valence-electron chi connectivity index (χ1n) is 3.63. The van der Waals surface area contributed by atoms with Crippen molar-refractivity contribution in [1.29, 1.82) is 0 Å². The number of halogens is 1. The third-order valence-electron chi connectivity index (χ3n) is 1.65. The fourth-order valence-electron chi connectivity index (χ4n) is 0.930. The molecule has 12 heavy (non-hydrogen) atoms. The molecular weight excluding hydrogens is 265 g/mol. The molecule has 1 aromatic rings. The van der Waals surface area contributed by atoms with Crippen molar-refractivity contribution in [2.45, 2.75) is 6.92 Å². The molecule has 0 aliphatic heterocycles. The van der Waals surface area contributed by atoms with E-state index in [9.17, 15) is 4.79 Å². The van der Waals surface area contributed by atoms with Crippen molar-refractivity contribution in [3.05, 3.63) is 32.9 Å². The second-order valence-corrected chi connectivity index (χ2v) is 3.71. The Bertz CT molecular complexity index is 309. The molecule has 0 saturated heterocycles. The maximum atomic E-state index is 11.2. The molecule has 0 spiro atoms. The molecule has 1 N–H and O–H groups in total. The van der Waals surface area contributed by atoms with Crippen LogP contribution in [0.1, 0.15) is 15.9 Å². The number of carbonyl (C=O) groups is 1. The Morgan fingerprint density at radius 3 is 2.67 bits per heavy atom. The Labute approximate surface area is 85.5 Å². The van der Waals surface area contributed by atoms with E-state index in [1.54, 1.807) is 7.05 Å². The van der Waals surface area contributed by atoms with E-state index in [0.717, 1.165) is 11.1 Å². The molecule has 0 fully saturated rings. The largest absolute Gasteiger partial charge is 0.355 e. The van der Waals surface area contributed by atoms with Crippen molar-refractivity contribution in [1.82, 2.24) is 5.32 Å². The van der Waals surface area contributed by atoms with Crippen molar-refractivity contribution in [2.24, 2.45) is 0 Å². The Morgan fingerprint density at radius 1 is 1.50 bits per heavy atom. The maximum absolute atomic E-state index is 11.2. The van der Waals surface area contributed by atoms with Crippen molar-refractivity contribution in [3.63, 3.8) is 0 Å². The minimum atomic E-state index is -0.0329. The van der Waals surface area contributed by atoms with E-state index in [1.807, 2.05) is 25.1 Å². The summed E-state index contributed by atoms with van der Waals surface area (Å²) in [6.07, 6.45) is 0. The van der Waals surface area contributed by atoms with Crippen LogP contribution in [0.3, 0.4) is 0 Å². The number of rotatable bonds is 1. The van der Waals surface area contributed by atoms with E-state index in [1.165, 1.54) is 3.57 Å². The minimum absolute atomic E-state index is 0.0329. The highest BCUT2D eigenvalue weighted by atomic mass is 127. The van der Waals surface area contributed by atoms with Gasteiger partial charge in [0.25, 0.3) is 5.91 Å². The van der Waals surface area contributed by atoms with Gasteiger partial charge in [0.2, 0.25) is 0 Å². The summed E-state index contributed by atoms with van der Waals surface area (Å²) in [5.41, 5.74) is 1.85. The zero-order valence-electron chi connectivity index (χ0n) is 7.02. The molecule has 0 bridgehead atoms. The van der Waals surface area contributed by atoms with Gasteiger partial charge in [-0.1, -0.05) is 0 Å². The second-order valence-electron chi connectivity index (χ2n) is 2.54. The molecule has 0 aliphatic carbocycles. The molecule has 2 nitrogen and oxygen atoms in total. The predicted molar refractivity (Wildman–Crippen MR) is 57.3 cm³/mol. The quantitative estimate of drug-likeness (QED) is 0.780. The fourth-order valence-corrected chi connectivity index (χ4v) is 1.27. The van der Waals surface area contributed by atoms with E-state index < -0.39 is 0 Å². The van der Waals surface area contributed by atoms with Gasteiger partial charge in [-0.25, -0.2) is 0 Å². The van der Waals surface area contributed by atoms with Crippen LogP contribution in [0.15, 0.2) is 18.2 Å². The highest BCUT2D eigenvalue weighted by Gasteiger charge is 2.03. The van der Waals surface area contributed by atoms with Gasteiger partial charge in [0.1, 0.15) is 0 Å². The van der Waals surface area contributed by atoms with E-state index in [2.05, 4.69) is 27.9 Å². The number of amides is 1. The molecule has 0 aromatic heterocycles. The molecule has 1 rings (SSSR count). The topological polar surface area (TPSA) is 29.1 Å². The fraction of sp³-hybridized carbons (Fsp3) is 0.222. The first kappa shape index (κ1) is 9.51. The standard InChI is InChI=1S/C9H10INO/c1-6-5-7(9(12)11-2)3-4-8(6)10/h3-5H,1-2H3,(H,11,12). The van der Waals surface area contributed by atoms with Crippen LogP contribution >= 0.6 is 22.6 Å². The van der Waals surface area contributed by atoms with Gasteiger partial charge in [-0.2, -0.15) is 0 Å². The molecule has 0 atom stereocenters. The number of hydrogen-bond donors (Lipinski definition) is 1. The molecule has 0 radical (unpaired) electrons. The minimum Gasteiger partial charge on any atom is -0.355 e. The summed E-state index contributed by atoms with van der Waals surface area (Å²) in [5.74, 6) is -0.0329. The molecule has 1 amide bonds. The lowest BCUT2D eigenvalue weighted by Gasteiger charge is -2.02. The Balaban J connectivity index is 3.05. The number of aryl methyl sites for hydroxylation is 1. The van der Waals surface area contributed by atoms with Crippen molar-refractivity contribution in [3.8, 4) is 0 Å². The number of hydrogen-bond acceptors (Lipinski definition) is 1. The molecular formula is C9H10INO. The summed E-state index contributed by atoms with van der Waals surface area (Å²) >= 11 is 2.24. The van der Waals surface area contributed by atoms with Gasteiger partial charge < -0.3 is 5.32 Å². The average Bonchev–Trinajstić information content (AvgIpc) is 2.08. The van der Waals surface area contributed by atoms with E-state index in [4.69, 9.17) is 0 Å². The van der Waals surface area contributed by atoms with Crippen LogP contribution in [-0.2, 0) is 0 Å². The summed E-state index contributed by atoms with van der Waals surface area (Å²) in [6, 6.07) is 5.66. The Morgan fingerprint density at radius 2 is 2.17 bits per heavy atom. The predicted octanol–water partition coefficient (Wildman–Crippen LogP) is 1.96. The van der Waals surface area contributed by atoms with Gasteiger partial charge in [-0.15, -0.1) is 0 Å². The van der Waals surface area contributed by atoms with Crippen LogP contribution in [0, 0.1) is 10.5 Å². The first-order chi connectivity index (χ1) is 5.65. The van der Waals surface area contributed by atoms with Gasteiger partial charge in [0.15, 0.2) is 0 Å². The highest BCUT2D eigenvalue weighted by Crippen LogP contribution is 2.12. The van der Waals surface area contributed by atoms with Crippen molar-refractivity contribution in [2.75, 3.05) is 7.05 Å². The molecule has 0 unspecified atom stereocenters. The third kappa shape index (κ3) is 1.97. The Kier molecular flexibility index (Phi) is 3.08. The first-order valence-corrected chi connectivity index (χ1v) is 4.71. The monoisotopic (exact) mass is 275 g/mol. The maximum Gasteiger partial charge on any atom is 0.251 e. The Hall–Kier alpha value is -0.580. The molecule has 0 aliphatic rings. The van der Waals surface area contributed by atoms with Crippen LogP contribution < -0.4 is 5.32 Å². The lowest BCUT2D eigenvalue weighted by atomic mass is 10.1. The van der Waals surface area contributed by atoms with Crippen molar-refractivity contribution >= 4 is 28.5 Å². The zero-order valence-corrected chi connectivity index (χ0v) is 9.18. The highest BCUT2D eigenvalue weighted by molar-refractivity contribution is 14.1. The summed E-state index contributed by atoms with van der Waals surface area (Å²) in [7, 11) is 1.63. The SMILES string of the molecule is CNC(=O)c1ccc(I)c(C)c1. The zero-order chi connectivity index (χ0) is 9.14. The second kappa shape index (κ2) is 3.89. The smallest absolute Gasteiger partial charge is 0.251 e. The van der Waals surface area contributed by atoms with E-state index in [-0.39, 0.29) is 5.91 Å². The van der Waals surface area contributed by atoms with Crippen LogP contribution in [0.25, 0.3) is 0 Å². The third-order valence-corrected chi connectivity index (χ3v) is 2.86. The van der Waals surface area contributed by atoms with E-state index in [0.29, 0.717) is 0 Å². The van der Waals surface area contributed by atoms with Gasteiger partial charge in [-0.05, 0) is 53.3 Å². The lowest BCUT2D eigenvalue weighted by molar-refractivity contribution is 0.0963. The van der Waals surface area contributed by atoms with Gasteiger partial charge in [-0.3, -0.25) is 4.79 Å².